The Bertz CT molecular complexity index is 271. The van der Waals surface area contributed by atoms with Crippen molar-refractivity contribution in [2.24, 2.45) is 0 Å². The van der Waals surface area contributed by atoms with Crippen LogP contribution in [0.3, 0.4) is 0 Å². The highest BCUT2D eigenvalue weighted by Gasteiger charge is 2.04. The number of rotatable bonds is 1. The Hall–Kier alpha value is -1.25. The van der Waals surface area contributed by atoms with Crippen LogP contribution in [0, 0.1) is 13.8 Å². The summed E-state index contributed by atoms with van der Waals surface area (Å²) >= 11 is 0. The number of aryl methyl sites for hydroxylation is 2. The van der Waals surface area contributed by atoms with Gasteiger partial charge in [-0.25, -0.2) is 4.98 Å². The molecule has 11 heavy (non-hydrogen) atoms. The van der Waals surface area contributed by atoms with E-state index in [1.165, 1.54) is 7.11 Å². The number of pyridine rings is 1. The van der Waals surface area contributed by atoms with Crippen LogP contribution in [0.4, 0.5) is 0 Å². The zero-order valence-electron chi connectivity index (χ0n) is 6.88. The first-order valence-electron chi connectivity index (χ1n) is 3.36. The topological polar surface area (TPSA) is 42.4 Å². The summed E-state index contributed by atoms with van der Waals surface area (Å²) in [4.78, 5) is 4.02. The molecule has 1 aromatic rings. The molecule has 0 saturated heterocycles. The van der Waals surface area contributed by atoms with Gasteiger partial charge in [-0.1, -0.05) is 0 Å². The molecule has 1 rings (SSSR count). The maximum atomic E-state index is 9.23. The molecule has 0 aliphatic rings. The van der Waals surface area contributed by atoms with E-state index in [-0.39, 0.29) is 11.6 Å². The zero-order valence-corrected chi connectivity index (χ0v) is 6.88. The Kier molecular flexibility index (Phi) is 1.98. The SMILES string of the molecule is COc1nc(C)c(C)cc1O. The maximum absolute atomic E-state index is 9.23. The van der Waals surface area contributed by atoms with Gasteiger partial charge < -0.3 is 9.84 Å². The molecule has 0 aliphatic heterocycles. The minimum absolute atomic E-state index is 0.0931. The fourth-order valence-electron chi connectivity index (χ4n) is 0.819. The third-order valence-corrected chi connectivity index (χ3v) is 1.61. The maximum Gasteiger partial charge on any atom is 0.256 e. The van der Waals surface area contributed by atoms with Gasteiger partial charge in [-0.2, -0.15) is 0 Å². The normalized spacial score (nSPS) is 9.73. The van der Waals surface area contributed by atoms with Crippen molar-refractivity contribution in [2.75, 3.05) is 7.11 Å². The summed E-state index contributed by atoms with van der Waals surface area (Å²) in [6.07, 6.45) is 0. The first kappa shape index (κ1) is 7.85. The van der Waals surface area contributed by atoms with Crippen LogP contribution >= 0.6 is 0 Å². The fourth-order valence-corrected chi connectivity index (χ4v) is 0.819. The predicted octanol–water partition coefficient (Wildman–Crippen LogP) is 1.41. The summed E-state index contributed by atoms with van der Waals surface area (Å²) in [6, 6.07) is 1.64. The van der Waals surface area contributed by atoms with Gasteiger partial charge in [0.05, 0.1) is 7.11 Å². The Labute approximate surface area is 65.7 Å². The average Bonchev–Trinajstić information content (AvgIpc) is 1.97. The van der Waals surface area contributed by atoms with Gasteiger partial charge >= 0.3 is 0 Å². The van der Waals surface area contributed by atoms with Crippen molar-refractivity contribution in [3.8, 4) is 11.6 Å². The molecular formula is C8H11NO2. The number of hydrogen-bond donors (Lipinski definition) is 1. The van der Waals surface area contributed by atoms with Crippen LogP contribution in [0.15, 0.2) is 6.07 Å². The van der Waals surface area contributed by atoms with E-state index in [0.29, 0.717) is 0 Å². The van der Waals surface area contributed by atoms with Crippen molar-refractivity contribution in [3.05, 3.63) is 17.3 Å². The number of hydrogen-bond acceptors (Lipinski definition) is 3. The van der Waals surface area contributed by atoms with Gasteiger partial charge in [-0.3, -0.25) is 0 Å². The first-order chi connectivity index (χ1) is 5.15. The predicted molar refractivity (Wildman–Crippen MR) is 41.9 cm³/mol. The molecule has 1 aromatic heterocycles. The summed E-state index contributed by atoms with van der Waals surface area (Å²) in [5, 5.41) is 9.23. The van der Waals surface area contributed by atoms with E-state index in [0.717, 1.165) is 11.3 Å². The minimum Gasteiger partial charge on any atom is -0.503 e. The Morgan fingerprint density at radius 2 is 2.09 bits per heavy atom. The second-order valence-electron chi connectivity index (χ2n) is 2.42. The Morgan fingerprint density at radius 3 is 2.64 bits per heavy atom. The van der Waals surface area contributed by atoms with E-state index in [9.17, 15) is 5.11 Å². The Balaban J connectivity index is 3.21. The van der Waals surface area contributed by atoms with Gasteiger partial charge in [0, 0.05) is 5.69 Å². The molecule has 0 atom stereocenters. The van der Waals surface area contributed by atoms with Gasteiger partial charge in [0.2, 0.25) is 0 Å². The van der Waals surface area contributed by atoms with Gasteiger partial charge in [-0.15, -0.1) is 0 Å². The van der Waals surface area contributed by atoms with Crippen LogP contribution in [-0.4, -0.2) is 17.2 Å². The summed E-state index contributed by atoms with van der Waals surface area (Å²) in [5.41, 5.74) is 1.84. The lowest BCUT2D eigenvalue weighted by Crippen LogP contribution is -1.92. The van der Waals surface area contributed by atoms with E-state index in [4.69, 9.17) is 4.74 Å². The zero-order chi connectivity index (χ0) is 8.43. The lowest BCUT2D eigenvalue weighted by Gasteiger charge is -2.04. The van der Waals surface area contributed by atoms with E-state index >= 15 is 0 Å². The number of methoxy groups -OCH3 is 1. The molecule has 0 aliphatic carbocycles. The molecular weight excluding hydrogens is 142 g/mol. The molecule has 0 unspecified atom stereocenters. The van der Waals surface area contributed by atoms with Crippen LogP contribution < -0.4 is 4.74 Å². The van der Waals surface area contributed by atoms with Crippen molar-refractivity contribution in [1.82, 2.24) is 4.98 Å². The second-order valence-corrected chi connectivity index (χ2v) is 2.42. The molecule has 0 fully saturated rings. The highest BCUT2D eigenvalue weighted by molar-refractivity contribution is 5.37. The summed E-state index contributed by atoms with van der Waals surface area (Å²) < 4.78 is 4.82. The molecule has 0 saturated carbocycles. The molecule has 0 bridgehead atoms. The number of aromatic nitrogens is 1. The van der Waals surface area contributed by atoms with E-state index in [1.807, 2.05) is 13.8 Å². The molecule has 60 valence electrons. The highest BCUT2D eigenvalue weighted by atomic mass is 16.5. The monoisotopic (exact) mass is 153 g/mol. The van der Waals surface area contributed by atoms with Crippen LogP contribution in [0.25, 0.3) is 0 Å². The van der Waals surface area contributed by atoms with Gasteiger partial charge in [0.25, 0.3) is 5.88 Å². The van der Waals surface area contributed by atoms with Crippen molar-refractivity contribution in [2.45, 2.75) is 13.8 Å². The number of aromatic hydroxyl groups is 1. The van der Waals surface area contributed by atoms with E-state index in [1.54, 1.807) is 6.07 Å². The molecule has 0 aromatic carbocycles. The molecule has 1 heterocycles. The van der Waals surface area contributed by atoms with Crippen LogP contribution in [0.1, 0.15) is 11.3 Å². The van der Waals surface area contributed by atoms with Crippen molar-refractivity contribution in [3.63, 3.8) is 0 Å². The summed E-state index contributed by atoms with van der Waals surface area (Å²) in [5.74, 6) is 0.378. The molecule has 0 spiro atoms. The fraction of sp³-hybridized carbons (Fsp3) is 0.375. The lowest BCUT2D eigenvalue weighted by atomic mass is 10.2. The smallest absolute Gasteiger partial charge is 0.256 e. The summed E-state index contributed by atoms with van der Waals surface area (Å²) in [7, 11) is 1.48. The van der Waals surface area contributed by atoms with Crippen LogP contribution in [-0.2, 0) is 0 Å². The third kappa shape index (κ3) is 1.42. The van der Waals surface area contributed by atoms with Crippen LogP contribution in [0.5, 0.6) is 11.6 Å². The first-order valence-corrected chi connectivity index (χ1v) is 3.36. The van der Waals surface area contributed by atoms with Crippen molar-refractivity contribution >= 4 is 0 Å². The van der Waals surface area contributed by atoms with Crippen LogP contribution in [0.2, 0.25) is 0 Å². The van der Waals surface area contributed by atoms with E-state index < -0.39 is 0 Å². The molecule has 3 nitrogen and oxygen atoms in total. The quantitative estimate of drug-likeness (QED) is 0.663. The molecule has 0 amide bonds. The van der Waals surface area contributed by atoms with Gasteiger partial charge in [0.15, 0.2) is 5.75 Å². The largest absolute Gasteiger partial charge is 0.503 e. The average molecular weight is 153 g/mol. The third-order valence-electron chi connectivity index (χ3n) is 1.61. The minimum atomic E-state index is 0.0931. The van der Waals surface area contributed by atoms with Crippen molar-refractivity contribution < 1.29 is 9.84 Å². The second kappa shape index (κ2) is 2.78. The Morgan fingerprint density at radius 1 is 1.45 bits per heavy atom. The number of ether oxygens (including phenoxy) is 1. The molecule has 3 heteroatoms. The van der Waals surface area contributed by atoms with Gasteiger partial charge in [-0.05, 0) is 25.5 Å². The van der Waals surface area contributed by atoms with E-state index in [2.05, 4.69) is 4.98 Å². The lowest BCUT2D eigenvalue weighted by molar-refractivity contribution is 0.357. The highest BCUT2D eigenvalue weighted by Crippen LogP contribution is 2.24. The standard InChI is InChI=1S/C8H11NO2/c1-5-4-7(10)8(11-3)9-6(5)2/h4,10H,1-3H3. The van der Waals surface area contributed by atoms with Gasteiger partial charge in [0.1, 0.15) is 0 Å². The summed E-state index contributed by atoms with van der Waals surface area (Å²) in [6.45, 7) is 3.76. The molecule has 1 N–H and O–H groups in total. The molecule has 0 radical (unpaired) electrons. The number of nitrogens with zero attached hydrogens (tertiary/aromatic N) is 1. The van der Waals surface area contributed by atoms with Crippen molar-refractivity contribution in [1.29, 1.82) is 0 Å².